The number of hydrogen-bond donors (Lipinski definition) is 1. The Kier molecular flexibility index (Phi) is 7.14. The van der Waals surface area contributed by atoms with Crippen LogP contribution < -0.4 is 5.32 Å². The highest BCUT2D eigenvalue weighted by atomic mass is 32.2. The number of aromatic nitrogens is 4. The SMILES string of the molecule is Cc1nccn1CCCNC(=O)CCc1nc2cc(S(=O)(=O)N3CCCCC3)ccc2n1C. The molecule has 0 saturated carbocycles. The highest BCUT2D eigenvalue weighted by Gasteiger charge is 2.26. The van der Waals surface area contributed by atoms with E-state index in [-0.39, 0.29) is 10.8 Å². The maximum Gasteiger partial charge on any atom is 0.243 e. The maximum atomic E-state index is 13.0. The van der Waals surface area contributed by atoms with Crippen LogP contribution in [0.25, 0.3) is 11.0 Å². The van der Waals surface area contributed by atoms with E-state index in [1.54, 1.807) is 28.7 Å². The Morgan fingerprint density at radius 2 is 1.97 bits per heavy atom. The Morgan fingerprint density at radius 3 is 2.70 bits per heavy atom. The van der Waals surface area contributed by atoms with Crippen molar-refractivity contribution in [3.63, 3.8) is 0 Å². The van der Waals surface area contributed by atoms with E-state index in [0.29, 0.717) is 38.0 Å². The molecule has 33 heavy (non-hydrogen) atoms. The van der Waals surface area contributed by atoms with E-state index >= 15 is 0 Å². The second-order valence-corrected chi connectivity index (χ2v) is 10.5. The molecule has 2 aromatic heterocycles. The van der Waals surface area contributed by atoms with Gasteiger partial charge in [-0.1, -0.05) is 6.42 Å². The van der Waals surface area contributed by atoms with Crippen LogP contribution in [0, 0.1) is 6.92 Å². The highest BCUT2D eigenvalue weighted by Crippen LogP contribution is 2.24. The number of carbonyl (C=O) groups is 1. The molecule has 1 fully saturated rings. The zero-order valence-electron chi connectivity index (χ0n) is 19.3. The number of sulfonamides is 1. The molecule has 178 valence electrons. The van der Waals surface area contributed by atoms with Gasteiger partial charge in [0.05, 0.1) is 15.9 Å². The van der Waals surface area contributed by atoms with Crippen molar-refractivity contribution < 1.29 is 13.2 Å². The van der Waals surface area contributed by atoms with E-state index in [0.717, 1.165) is 49.4 Å². The molecule has 3 heterocycles. The van der Waals surface area contributed by atoms with Crippen LogP contribution >= 0.6 is 0 Å². The van der Waals surface area contributed by atoms with Crippen molar-refractivity contribution in [1.82, 2.24) is 28.7 Å². The molecule has 1 N–H and O–H groups in total. The molecule has 0 bridgehead atoms. The minimum atomic E-state index is -3.50. The number of amides is 1. The Labute approximate surface area is 194 Å². The summed E-state index contributed by atoms with van der Waals surface area (Å²) in [5.74, 6) is 1.72. The lowest BCUT2D eigenvalue weighted by atomic mass is 10.2. The minimum absolute atomic E-state index is 0.0159. The van der Waals surface area contributed by atoms with Crippen molar-refractivity contribution in [3.05, 3.63) is 42.2 Å². The number of carbonyl (C=O) groups excluding carboxylic acids is 1. The molecule has 0 atom stereocenters. The molecule has 0 radical (unpaired) electrons. The van der Waals surface area contributed by atoms with Crippen LogP contribution in [0.4, 0.5) is 0 Å². The zero-order valence-corrected chi connectivity index (χ0v) is 20.1. The van der Waals surface area contributed by atoms with Gasteiger partial charge in [-0.25, -0.2) is 18.4 Å². The number of hydrogen-bond acceptors (Lipinski definition) is 5. The Morgan fingerprint density at radius 1 is 1.18 bits per heavy atom. The van der Waals surface area contributed by atoms with E-state index < -0.39 is 10.0 Å². The molecule has 1 aliphatic rings. The number of rotatable bonds is 9. The number of fused-ring (bicyclic) bond motifs is 1. The number of benzene rings is 1. The number of aryl methyl sites for hydroxylation is 4. The lowest BCUT2D eigenvalue weighted by molar-refractivity contribution is -0.121. The maximum absolute atomic E-state index is 13.0. The summed E-state index contributed by atoms with van der Waals surface area (Å²) in [7, 11) is -1.60. The predicted octanol–water partition coefficient (Wildman–Crippen LogP) is 2.39. The molecule has 1 saturated heterocycles. The second kappa shape index (κ2) is 10.0. The van der Waals surface area contributed by atoms with Crippen LogP contribution in [-0.2, 0) is 34.8 Å². The third-order valence-corrected chi connectivity index (χ3v) is 8.19. The number of imidazole rings is 2. The summed E-state index contributed by atoms with van der Waals surface area (Å²) < 4.78 is 31.5. The third-order valence-electron chi connectivity index (χ3n) is 6.29. The summed E-state index contributed by atoms with van der Waals surface area (Å²) in [5, 5.41) is 2.96. The summed E-state index contributed by atoms with van der Waals surface area (Å²) in [6.07, 6.45) is 8.26. The van der Waals surface area contributed by atoms with Gasteiger partial charge < -0.3 is 14.5 Å². The van der Waals surface area contributed by atoms with E-state index in [4.69, 9.17) is 0 Å². The van der Waals surface area contributed by atoms with Gasteiger partial charge in [0, 0.05) is 58.5 Å². The molecule has 1 amide bonds. The monoisotopic (exact) mass is 472 g/mol. The fraction of sp³-hybridized carbons (Fsp3) is 0.522. The Hall–Kier alpha value is -2.72. The minimum Gasteiger partial charge on any atom is -0.356 e. The topological polar surface area (TPSA) is 102 Å². The molecule has 0 spiro atoms. The zero-order chi connectivity index (χ0) is 23.4. The van der Waals surface area contributed by atoms with E-state index in [1.165, 1.54) is 0 Å². The van der Waals surface area contributed by atoms with Gasteiger partial charge in [-0.05, 0) is 44.4 Å². The molecular formula is C23H32N6O3S. The summed E-state index contributed by atoms with van der Waals surface area (Å²) >= 11 is 0. The lowest BCUT2D eigenvalue weighted by Crippen LogP contribution is -2.35. The van der Waals surface area contributed by atoms with Gasteiger partial charge in [0.1, 0.15) is 11.6 Å². The quantitative estimate of drug-likeness (QED) is 0.482. The summed E-state index contributed by atoms with van der Waals surface area (Å²) in [4.78, 5) is 21.4. The van der Waals surface area contributed by atoms with Gasteiger partial charge in [-0.3, -0.25) is 4.79 Å². The smallest absolute Gasteiger partial charge is 0.243 e. The second-order valence-electron chi connectivity index (χ2n) is 8.57. The van der Waals surface area contributed by atoms with Crippen molar-refractivity contribution in [2.75, 3.05) is 19.6 Å². The van der Waals surface area contributed by atoms with Gasteiger partial charge >= 0.3 is 0 Å². The molecule has 10 heteroatoms. The van der Waals surface area contributed by atoms with Crippen LogP contribution in [0.3, 0.4) is 0 Å². The van der Waals surface area contributed by atoms with Crippen LogP contribution in [0.15, 0.2) is 35.5 Å². The van der Waals surface area contributed by atoms with E-state index in [1.807, 2.05) is 24.7 Å². The first-order chi connectivity index (χ1) is 15.9. The lowest BCUT2D eigenvalue weighted by Gasteiger charge is -2.25. The normalized spacial score (nSPS) is 15.2. The molecule has 9 nitrogen and oxygen atoms in total. The Balaban J connectivity index is 1.34. The molecular weight excluding hydrogens is 440 g/mol. The van der Waals surface area contributed by atoms with Gasteiger partial charge in [-0.2, -0.15) is 4.31 Å². The summed E-state index contributed by atoms with van der Waals surface area (Å²) in [6, 6.07) is 5.12. The standard InChI is InChI=1S/C23H32N6O3S/c1-18-24-12-16-28(18)13-6-11-25-23(30)10-9-22-26-20-17-19(7-8-21(20)27(22)2)33(31,32)29-14-4-3-5-15-29/h7-8,12,16-17H,3-6,9-11,13-15H2,1-2H3,(H,25,30). The largest absolute Gasteiger partial charge is 0.356 e. The van der Waals surface area contributed by atoms with Crippen LogP contribution in [0.5, 0.6) is 0 Å². The van der Waals surface area contributed by atoms with Crippen molar-refractivity contribution in [1.29, 1.82) is 0 Å². The van der Waals surface area contributed by atoms with Crippen LogP contribution in [-0.4, -0.2) is 57.4 Å². The first-order valence-electron chi connectivity index (χ1n) is 11.6. The summed E-state index contributed by atoms with van der Waals surface area (Å²) in [6.45, 7) is 4.54. The van der Waals surface area contributed by atoms with Crippen molar-refractivity contribution in [2.24, 2.45) is 7.05 Å². The third kappa shape index (κ3) is 5.27. The average molecular weight is 473 g/mol. The molecule has 3 aromatic rings. The first-order valence-corrected chi connectivity index (χ1v) is 13.0. The highest BCUT2D eigenvalue weighted by molar-refractivity contribution is 7.89. The average Bonchev–Trinajstić information content (AvgIpc) is 3.37. The van der Waals surface area contributed by atoms with Gasteiger partial charge in [-0.15, -0.1) is 0 Å². The molecule has 0 unspecified atom stereocenters. The molecule has 1 aliphatic heterocycles. The van der Waals surface area contributed by atoms with Crippen molar-refractivity contribution >= 4 is 27.0 Å². The van der Waals surface area contributed by atoms with Crippen LogP contribution in [0.1, 0.15) is 43.8 Å². The molecule has 1 aromatic carbocycles. The van der Waals surface area contributed by atoms with Crippen molar-refractivity contribution in [3.8, 4) is 0 Å². The summed E-state index contributed by atoms with van der Waals surface area (Å²) in [5.41, 5.74) is 1.50. The fourth-order valence-corrected chi connectivity index (χ4v) is 5.84. The van der Waals surface area contributed by atoms with Gasteiger partial charge in [0.2, 0.25) is 15.9 Å². The fourth-order valence-electron chi connectivity index (χ4n) is 4.30. The first kappa shape index (κ1) is 23.4. The number of nitrogens with zero attached hydrogens (tertiary/aromatic N) is 5. The van der Waals surface area contributed by atoms with Gasteiger partial charge in [0.15, 0.2) is 0 Å². The predicted molar refractivity (Wildman–Crippen MR) is 126 cm³/mol. The number of nitrogens with one attached hydrogen (secondary N) is 1. The number of piperidine rings is 1. The van der Waals surface area contributed by atoms with E-state index in [9.17, 15) is 13.2 Å². The van der Waals surface area contributed by atoms with E-state index in [2.05, 4.69) is 19.9 Å². The molecule has 4 rings (SSSR count). The van der Waals surface area contributed by atoms with Gasteiger partial charge in [0.25, 0.3) is 0 Å². The molecule has 0 aliphatic carbocycles. The van der Waals surface area contributed by atoms with Crippen molar-refractivity contribution in [2.45, 2.75) is 56.9 Å². The Bertz CT molecular complexity index is 1220. The van der Waals surface area contributed by atoms with Crippen LogP contribution in [0.2, 0.25) is 0 Å².